The van der Waals surface area contributed by atoms with E-state index in [0.717, 1.165) is 18.5 Å². The van der Waals surface area contributed by atoms with Crippen molar-refractivity contribution in [2.45, 2.75) is 63.6 Å². The fourth-order valence-electron chi connectivity index (χ4n) is 3.48. The van der Waals surface area contributed by atoms with Gasteiger partial charge >= 0.3 is 0 Å². The largest absolute Gasteiger partial charge is 0.391 e. The van der Waals surface area contributed by atoms with Crippen LogP contribution in [0, 0.1) is 5.92 Å². The molecule has 1 aliphatic heterocycles. The Morgan fingerprint density at radius 3 is 2.64 bits per heavy atom. The quantitative estimate of drug-likeness (QED) is 0.793. The lowest BCUT2D eigenvalue weighted by atomic mass is 10.0. The third-order valence-electron chi connectivity index (χ3n) is 5.41. The number of nitrogens with zero attached hydrogens (tertiary/aromatic N) is 4. The first kappa shape index (κ1) is 17.8. The number of carbonyl (C=O) groups is 2. The van der Waals surface area contributed by atoms with E-state index < -0.39 is 18.2 Å². The smallest absolute Gasteiger partial charge is 0.248 e. The Labute approximate surface area is 147 Å². The highest BCUT2D eigenvalue weighted by atomic mass is 16.3. The molecule has 1 aromatic rings. The predicted molar refractivity (Wildman–Crippen MR) is 90.7 cm³/mol. The molecule has 1 saturated heterocycles. The molecule has 0 radical (unpaired) electrons. The molecule has 0 unspecified atom stereocenters. The molecule has 25 heavy (non-hydrogen) atoms. The van der Waals surface area contributed by atoms with Gasteiger partial charge in [-0.15, -0.1) is 5.10 Å². The summed E-state index contributed by atoms with van der Waals surface area (Å²) in [6, 6.07) is -1.18. The number of carbonyl (C=O) groups excluding carboxylic acids is 2. The van der Waals surface area contributed by atoms with Crippen molar-refractivity contribution < 1.29 is 14.7 Å². The van der Waals surface area contributed by atoms with Gasteiger partial charge in [-0.3, -0.25) is 9.59 Å². The molecule has 0 bridgehead atoms. The number of nitrogens with one attached hydrogen (secondary N) is 1. The lowest BCUT2D eigenvalue weighted by molar-refractivity contribution is -0.142. The highest BCUT2D eigenvalue weighted by Crippen LogP contribution is 2.46. The summed E-state index contributed by atoms with van der Waals surface area (Å²) in [5.74, 6) is -0.466. The zero-order chi connectivity index (χ0) is 18.4. The minimum Gasteiger partial charge on any atom is -0.391 e. The molecule has 8 heteroatoms. The molecule has 2 N–H and O–H groups in total. The molecule has 138 valence electrons. The minimum atomic E-state index is -0.684. The molecule has 2 fully saturated rings. The van der Waals surface area contributed by atoms with Crippen molar-refractivity contribution in [2.24, 2.45) is 5.92 Å². The number of hydrogen-bond donors (Lipinski definition) is 2. The molecule has 2 aliphatic rings. The zero-order valence-corrected chi connectivity index (χ0v) is 15.3. The van der Waals surface area contributed by atoms with Gasteiger partial charge in [0.2, 0.25) is 11.8 Å². The molecule has 0 spiro atoms. The highest BCUT2D eigenvalue weighted by molar-refractivity contribution is 5.89. The van der Waals surface area contributed by atoms with Crippen LogP contribution in [0.3, 0.4) is 0 Å². The third-order valence-corrected chi connectivity index (χ3v) is 5.41. The van der Waals surface area contributed by atoms with Crippen molar-refractivity contribution in [3.05, 3.63) is 11.9 Å². The van der Waals surface area contributed by atoms with Crippen LogP contribution >= 0.6 is 0 Å². The predicted octanol–water partition coefficient (Wildman–Crippen LogP) is 0.234. The fourth-order valence-corrected chi connectivity index (χ4v) is 3.48. The maximum Gasteiger partial charge on any atom is 0.248 e. The monoisotopic (exact) mass is 349 g/mol. The summed E-state index contributed by atoms with van der Waals surface area (Å²) in [4.78, 5) is 26.8. The Hall–Kier alpha value is -1.96. The van der Waals surface area contributed by atoms with Crippen LogP contribution < -0.4 is 5.32 Å². The molecule has 2 amide bonds. The number of aliphatic hydroxyl groups excluding tert-OH is 1. The van der Waals surface area contributed by atoms with Crippen LogP contribution in [0.15, 0.2) is 6.20 Å². The van der Waals surface area contributed by atoms with Gasteiger partial charge in [-0.1, -0.05) is 26.0 Å². The van der Waals surface area contributed by atoms with Gasteiger partial charge in [-0.25, -0.2) is 4.68 Å². The van der Waals surface area contributed by atoms with Crippen LogP contribution in [0.4, 0.5) is 0 Å². The molecule has 1 saturated carbocycles. The van der Waals surface area contributed by atoms with Crippen LogP contribution in [-0.4, -0.2) is 62.6 Å². The molecular formula is C17H27N5O3. The molecule has 1 aromatic heterocycles. The van der Waals surface area contributed by atoms with Crippen LogP contribution in [0.5, 0.6) is 0 Å². The van der Waals surface area contributed by atoms with Crippen LogP contribution in [-0.2, 0) is 15.0 Å². The van der Waals surface area contributed by atoms with Crippen molar-refractivity contribution >= 4 is 11.8 Å². The summed E-state index contributed by atoms with van der Waals surface area (Å²) in [7, 11) is 1.54. The zero-order valence-electron chi connectivity index (χ0n) is 15.3. The van der Waals surface area contributed by atoms with E-state index in [4.69, 9.17) is 0 Å². The summed E-state index contributed by atoms with van der Waals surface area (Å²) < 4.78 is 1.62. The number of hydrogen-bond acceptors (Lipinski definition) is 5. The molecule has 1 aliphatic carbocycles. The first-order chi connectivity index (χ1) is 11.8. The van der Waals surface area contributed by atoms with Gasteiger partial charge in [0.05, 0.1) is 11.8 Å². The van der Waals surface area contributed by atoms with Gasteiger partial charge in [0.25, 0.3) is 0 Å². The first-order valence-corrected chi connectivity index (χ1v) is 8.89. The molecule has 3 atom stereocenters. The van der Waals surface area contributed by atoms with E-state index in [-0.39, 0.29) is 36.1 Å². The Kier molecular flexibility index (Phi) is 4.57. The number of likely N-dealkylation sites (N-methyl/N-ethyl adjacent to an activating group) is 1. The fraction of sp³-hybridized carbons (Fsp3) is 0.765. The molecule has 2 heterocycles. The van der Waals surface area contributed by atoms with Gasteiger partial charge in [0.1, 0.15) is 12.1 Å². The summed E-state index contributed by atoms with van der Waals surface area (Å²) in [6.07, 6.45) is 3.61. The summed E-state index contributed by atoms with van der Waals surface area (Å²) in [5, 5.41) is 21.0. The van der Waals surface area contributed by atoms with E-state index in [2.05, 4.69) is 22.6 Å². The van der Waals surface area contributed by atoms with Crippen LogP contribution in [0.25, 0.3) is 0 Å². The molecule has 8 nitrogen and oxygen atoms in total. The second-order valence-corrected chi connectivity index (χ2v) is 7.84. The maximum atomic E-state index is 13.2. The number of rotatable bonds is 5. The standard InChI is InChI=1S/C17H27N5O3/c1-10(2)14(22-9-13(19-20-22)17(3)5-6-17)16(25)21-8-11(23)7-12(21)15(24)18-4/h9-12,14,23H,5-8H2,1-4H3,(H,18,24)/t11-,12+,14+/m1/s1. The Morgan fingerprint density at radius 2 is 2.08 bits per heavy atom. The van der Waals surface area contributed by atoms with Crippen molar-refractivity contribution in [2.75, 3.05) is 13.6 Å². The van der Waals surface area contributed by atoms with Gasteiger partial charge < -0.3 is 15.3 Å². The number of amides is 2. The lowest BCUT2D eigenvalue weighted by Crippen LogP contribution is -2.48. The van der Waals surface area contributed by atoms with E-state index in [1.165, 1.54) is 11.9 Å². The second-order valence-electron chi connectivity index (χ2n) is 7.84. The van der Waals surface area contributed by atoms with E-state index >= 15 is 0 Å². The molecular weight excluding hydrogens is 322 g/mol. The van der Waals surface area contributed by atoms with E-state index in [1.54, 1.807) is 4.68 Å². The van der Waals surface area contributed by atoms with Gasteiger partial charge in [-0.2, -0.15) is 0 Å². The van der Waals surface area contributed by atoms with Crippen LogP contribution in [0.1, 0.15) is 51.8 Å². The van der Waals surface area contributed by atoms with Crippen molar-refractivity contribution in [3.63, 3.8) is 0 Å². The normalized spacial score (nSPS) is 25.9. The van der Waals surface area contributed by atoms with E-state index in [9.17, 15) is 14.7 Å². The maximum absolute atomic E-state index is 13.2. The number of β-amino-alcohol motifs (C(OH)–C–C–N with tert-alkyl or cyclic N) is 1. The minimum absolute atomic E-state index is 0.0165. The third kappa shape index (κ3) is 3.27. The Balaban J connectivity index is 1.86. The van der Waals surface area contributed by atoms with Gasteiger partial charge in [-0.05, 0) is 18.8 Å². The lowest BCUT2D eigenvalue weighted by Gasteiger charge is -2.29. The van der Waals surface area contributed by atoms with Gasteiger partial charge in [0.15, 0.2) is 0 Å². The average Bonchev–Trinajstić information content (AvgIpc) is 2.99. The molecule has 3 rings (SSSR count). The second kappa shape index (κ2) is 6.40. The summed E-state index contributed by atoms with van der Waals surface area (Å²) in [6.45, 7) is 6.21. The highest BCUT2D eigenvalue weighted by Gasteiger charge is 2.44. The summed E-state index contributed by atoms with van der Waals surface area (Å²) >= 11 is 0. The van der Waals surface area contributed by atoms with E-state index in [1.807, 2.05) is 20.0 Å². The van der Waals surface area contributed by atoms with Crippen LogP contribution in [0.2, 0.25) is 0 Å². The topological polar surface area (TPSA) is 100 Å². The van der Waals surface area contributed by atoms with E-state index in [0.29, 0.717) is 0 Å². The Morgan fingerprint density at radius 1 is 1.40 bits per heavy atom. The molecule has 0 aromatic carbocycles. The average molecular weight is 349 g/mol. The number of aliphatic hydroxyl groups is 1. The first-order valence-electron chi connectivity index (χ1n) is 8.89. The SMILES string of the molecule is CNC(=O)[C@@H]1C[C@@H](O)CN1C(=O)[C@H](C(C)C)n1cc(C2(C)CC2)nn1. The summed E-state index contributed by atoms with van der Waals surface area (Å²) in [5.41, 5.74) is 0.993. The van der Waals surface area contributed by atoms with Gasteiger partial charge in [0, 0.05) is 31.6 Å². The number of likely N-dealkylation sites (tertiary alicyclic amines) is 1. The van der Waals surface area contributed by atoms with Crippen molar-refractivity contribution in [1.82, 2.24) is 25.2 Å². The van der Waals surface area contributed by atoms with Crippen molar-refractivity contribution in [1.29, 1.82) is 0 Å². The van der Waals surface area contributed by atoms with Crippen molar-refractivity contribution in [3.8, 4) is 0 Å². The number of aromatic nitrogens is 3. The Bertz CT molecular complexity index is 667.